The van der Waals surface area contributed by atoms with Crippen molar-refractivity contribution in [2.45, 2.75) is 26.3 Å². The van der Waals surface area contributed by atoms with Crippen LogP contribution in [-0.2, 0) is 11.3 Å². The average Bonchev–Trinajstić information content (AvgIpc) is 2.57. The quantitative estimate of drug-likeness (QED) is 0.936. The Morgan fingerprint density at radius 1 is 1.21 bits per heavy atom. The molecule has 24 heavy (non-hydrogen) atoms. The number of hydrogen-bond donors (Lipinski definition) is 1. The largest absolute Gasteiger partial charge is 0.310 e. The number of nitrogens with zero attached hydrogens (tertiary/aromatic N) is 2. The van der Waals surface area contributed by atoms with Gasteiger partial charge in [-0.15, -0.1) is 0 Å². The summed E-state index contributed by atoms with van der Waals surface area (Å²) in [4.78, 5) is 18.9. The van der Waals surface area contributed by atoms with Crippen LogP contribution in [0.2, 0.25) is 0 Å². The number of halogens is 1. The second-order valence-electron chi connectivity index (χ2n) is 6.30. The Morgan fingerprint density at radius 3 is 2.67 bits per heavy atom. The smallest absolute Gasteiger partial charge is 0.228 e. The van der Waals surface area contributed by atoms with Crippen molar-refractivity contribution in [1.82, 2.24) is 9.88 Å². The summed E-state index contributed by atoms with van der Waals surface area (Å²) >= 11 is 0. The number of aromatic nitrogens is 1. The van der Waals surface area contributed by atoms with E-state index in [4.69, 9.17) is 0 Å². The van der Waals surface area contributed by atoms with Gasteiger partial charge < -0.3 is 5.32 Å². The lowest BCUT2D eigenvalue weighted by molar-refractivity contribution is -0.121. The first-order valence-electron chi connectivity index (χ1n) is 8.32. The highest BCUT2D eigenvalue weighted by atomic mass is 19.1. The van der Waals surface area contributed by atoms with E-state index in [0.29, 0.717) is 17.9 Å². The molecule has 5 heteroatoms. The molecule has 1 aliphatic rings. The molecule has 1 aromatic carbocycles. The molecule has 0 atom stereocenters. The molecule has 1 amide bonds. The number of amides is 1. The molecule has 0 unspecified atom stereocenters. The molecule has 2 heterocycles. The molecule has 0 aliphatic carbocycles. The van der Waals surface area contributed by atoms with Gasteiger partial charge in [0.25, 0.3) is 0 Å². The van der Waals surface area contributed by atoms with Gasteiger partial charge in [-0.25, -0.2) is 9.37 Å². The van der Waals surface area contributed by atoms with Gasteiger partial charge in [0.2, 0.25) is 5.91 Å². The van der Waals surface area contributed by atoms with Gasteiger partial charge in [0.05, 0.1) is 0 Å². The first-order chi connectivity index (χ1) is 11.6. The zero-order valence-corrected chi connectivity index (χ0v) is 13.8. The van der Waals surface area contributed by atoms with Crippen LogP contribution < -0.4 is 5.32 Å². The van der Waals surface area contributed by atoms with E-state index in [0.717, 1.165) is 31.6 Å². The molecule has 1 N–H and O–H groups in total. The van der Waals surface area contributed by atoms with Gasteiger partial charge >= 0.3 is 0 Å². The molecule has 1 aromatic heterocycles. The van der Waals surface area contributed by atoms with E-state index >= 15 is 0 Å². The third-order valence-corrected chi connectivity index (χ3v) is 4.45. The molecule has 3 rings (SSSR count). The van der Waals surface area contributed by atoms with Crippen molar-refractivity contribution in [1.29, 1.82) is 0 Å². The molecule has 0 spiro atoms. The Morgan fingerprint density at radius 2 is 1.96 bits per heavy atom. The normalized spacial score (nSPS) is 16.1. The number of nitrogens with one attached hydrogen (secondary N) is 1. The van der Waals surface area contributed by atoms with Gasteiger partial charge in [0.1, 0.15) is 11.6 Å². The van der Waals surface area contributed by atoms with Gasteiger partial charge in [-0.05, 0) is 51.1 Å². The number of likely N-dealkylation sites (tertiary alicyclic amines) is 1. The van der Waals surface area contributed by atoms with Crippen molar-refractivity contribution in [2.75, 3.05) is 18.4 Å². The van der Waals surface area contributed by atoms with E-state index in [9.17, 15) is 9.18 Å². The van der Waals surface area contributed by atoms with Gasteiger partial charge in [0, 0.05) is 23.7 Å². The zero-order chi connectivity index (χ0) is 16.9. The van der Waals surface area contributed by atoms with Crippen molar-refractivity contribution < 1.29 is 9.18 Å². The van der Waals surface area contributed by atoms with Crippen LogP contribution in [0.3, 0.4) is 0 Å². The Bertz CT molecular complexity index is 711. The summed E-state index contributed by atoms with van der Waals surface area (Å²) in [7, 11) is 0. The fraction of sp³-hybridized carbons (Fsp3) is 0.368. The van der Waals surface area contributed by atoms with Crippen LogP contribution in [0.25, 0.3) is 0 Å². The summed E-state index contributed by atoms with van der Waals surface area (Å²) in [5.41, 5.74) is 1.59. The summed E-state index contributed by atoms with van der Waals surface area (Å²) in [6.45, 7) is 4.10. The molecule has 0 saturated carbocycles. The number of aryl methyl sites for hydroxylation is 1. The lowest BCUT2D eigenvalue weighted by Crippen LogP contribution is -2.38. The maximum absolute atomic E-state index is 13.7. The number of anilines is 1. The number of carbonyl (C=O) groups excluding carboxylic acids is 1. The minimum Gasteiger partial charge on any atom is -0.310 e. The first-order valence-corrected chi connectivity index (χ1v) is 8.32. The molecular formula is C19H22FN3O. The Labute approximate surface area is 141 Å². The second kappa shape index (κ2) is 7.53. The summed E-state index contributed by atoms with van der Waals surface area (Å²) < 4.78 is 13.7. The van der Waals surface area contributed by atoms with E-state index in [-0.39, 0.29) is 17.6 Å². The molecule has 0 radical (unpaired) electrons. The average molecular weight is 327 g/mol. The molecule has 126 valence electrons. The molecule has 0 bridgehead atoms. The van der Waals surface area contributed by atoms with Gasteiger partial charge in [-0.1, -0.05) is 24.3 Å². The number of piperidine rings is 1. The Balaban J connectivity index is 1.51. The lowest BCUT2D eigenvalue weighted by Gasteiger charge is -2.31. The van der Waals surface area contributed by atoms with Crippen molar-refractivity contribution >= 4 is 11.7 Å². The minimum absolute atomic E-state index is 0.0100. The van der Waals surface area contributed by atoms with Crippen molar-refractivity contribution in [3.8, 4) is 0 Å². The molecular weight excluding hydrogens is 305 g/mol. The van der Waals surface area contributed by atoms with Crippen LogP contribution in [0.1, 0.15) is 24.1 Å². The Hall–Kier alpha value is -2.27. The van der Waals surface area contributed by atoms with Crippen LogP contribution in [0.4, 0.5) is 10.2 Å². The summed E-state index contributed by atoms with van der Waals surface area (Å²) in [5, 5.41) is 2.90. The number of pyridine rings is 1. The van der Waals surface area contributed by atoms with Crippen LogP contribution >= 0.6 is 0 Å². The molecule has 4 nitrogen and oxygen atoms in total. The minimum atomic E-state index is -0.164. The van der Waals surface area contributed by atoms with Crippen molar-refractivity contribution in [3.63, 3.8) is 0 Å². The maximum atomic E-state index is 13.7. The highest BCUT2D eigenvalue weighted by Crippen LogP contribution is 2.21. The van der Waals surface area contributed by atoms with Crippen LogP contribution in [0.15, 0.2) is 42.5 Å². The number of benzene rings is 1. The van der Waals surface area contributed by atoms with Crippen molar-refractivity contribution in [2.24, 2.45) is 5.92 Å². The monoisotopic (exact) mass is 327 g/mol. The van der Waals surface area contributed by atoms with E-state index in [2.05, 4.69) is 15.2 Å². The van der Waals surface area contributed by atoms with Gasteiger partial charge in [-0.3, -0.25) is 9.69 Å². The first kappa shape index (κ1) is 16.6. The topological polar surface area (TPSA) is 45.2 Å². The predicted molar refractivity (Wildman–Crippen MR) is 92.0 cm³/mol. The summed E-state index contributed by atoms with van der Waals surface area (Å²) in [6.07, 6.45) is 1.57. The highest BCUT2D eigenvalue weighted by molar-refractivity contribution is 5.91. The summed E-state index contributed by atoms with van der Waals surface area (Å²) in [6, 6.07) is 12.5. The highest BCUT2D eigenvalue weighted by Gasteiger charge is 2.25. The molecule has 1 fully saturated rings. The number of carbonyl (C=O) groups is 1. The summed E-state index contributed by atoms with van der Waals surface area (Å²) in [5.74, 6) is 0.458. The predicted octanol–water partition coefficient (Wildman–Crippen LogP) is 3.38. The van der Waals surface area contributed by atoms with E-state index in [1.165, 1.54) is 6.07 Å². The molecule has 1 aliphatic heterocycles. The molecule has 2 aromatic rings. The Kier molecular flexibility index (Phi) is 5.20. The van der Waals surface area contributed by atoms with Crippen LogP contribution in [0, 0.1) is 18.7 Å². The fourth-order valence-electron chi connectivity index (χ4n) is 3.06. The van der Waals surface area contributed by atoms with Gasteiger partial charge in [-0.2, -0.15) is 0 Å². The van der Waals surface area contributed by atoms with Crippen molar-refractivity contribution in [3.05, 3.63) is 59.5 Å². The van der Waals surface area contributed by atoms with Crippen LogP contribution in [-0.4, -0.2) is 28.9 Å². The molecule has 1 saturated heterocycles. The van der Waals surface area contributed by atoms with Gasteiger partial charge in [0.15, 0.2) is 0 Å². The lowest BCUT2D eigenvalue weighted by atomic mass is 9.95. The standard InChI is InChI=1S/C19H22FN3O/c1-14-5-4-8-18(21-14)22-19(24)15-9-11-23(12-10-15)13-16-6-2-3-7-17(16)20/h2-8,15H,9-13H2,1H3,(H,21,22,24). The third-order valence-electron chi connectivity index (χ3n) is 4.45. The fourth-order valence-corrected chi connectivity index (χ4v) is 3.06. The van der Waals surface area contributed by atoms with E-state index in [1.54, 1.807) is 12.1 Å². The zero-order valence-electron chi connectivity index (χ0n) is 13.8. The number of rotatable bonds is 4. The number of hydrogen-bond acceptors (Lipinski definition) is 3. The maximum Gasteiger partial charge on any atom is 0.228 e. The SMILES string of the molecule is Cc1cccc(NC(=O)C2CCN(Cc3ccccc3F)CC2)n1. The van der Waals surface area contributed by atoms with E-state index < -0.39 is 0 Å². The van der Waals surface area contributed by atoms with E-state index in [1.807, 2.05) is 31.2 Å². The third kappa shape index (κ3) is 4.17. The second-order valence-corrected chi connectivity index (χ2v) is 6.30. The van der Waals surface area contributed by atoms with Crippen LogP contribution in [0.5, 0.6) is 0 Å².